The fourth-order valence-electron chi connectivity index (χ4n) is 5.23. The molecule has 2 aliphatic rings. The molecule has 0 aliphatic carbocycles. The van der Waals surface area contributed by atoms with E-state index in [1.165, 1.54) is 4.57 Å². The van der Waals surface area contributed by atoms with Crippen LogP contribution in [0.4, 0.5) is 11.4 Å². The number of carbonyl (C=O) groups is 3. The molecule has 3 heterocycles. The third kappa shape index (κ3) is 3.09. The number of benzene rings is 3. The van der Waals surface area contributed by atoms with Crippen molar-refractivity contribution in [3.05, 3.63) is 93.9 Å². The molecule has 0 spiro atoms. The van der Waals surface area contributed by atoms with E-state index in [-0.39, 0.29) is 36.4 Å². The molecule has 1 atom stereocenters. The van der Waals surface area contributed by atoms with Crippen molar-refractivity contribution in [2.75, 3.05) is 16.8 Å². The van der Waals surface area contributed by atoms with Crippen LogP contribution in [0.2, 0.25) is 0 Å². The van der Waals surface area contributed by atoms with Gasteiger partial charge in [-0.25, -0.2) is 4.79 Å². The number of para-hydroxylation sites is 1. The first-order valence-corrected chi connectivity index (χ1v) is 11.6. The van der Waals surface area contributed by atoms with Gasteiger partial charge in [-0.2, -0.15) is 0 Å². The van der Waals surface area contributed by atoms with Gasteiger partial charge in [0.15, 0.2) is 0 Å². The summed E-state index contributed by atoms with van der Waals surface area (Å²) in [6.45, 7) is 0.133. The zero-order valence-corrected chi connectivity index (χ0v) is 19.8. The number of hydrogen-bond acceptors (Lipinski definition) is 4. The molecule has 2 aliphatic heterocycles. The molecule has 0 unspecified atom stereocenters. The van der Waals surface area contributed by atoms with Gasteiger partial charge in [-0.15, -0.1) is 0 Å². The summed E-state index contributed by atoms with van der Waals surface area (Å²) in [5.41, 5.74) is 4.22. The lowest BCUT2D eigenvalue weighted by molar-refractivity contribution is -0.116. The third-order valence-electron chi connectivity index (χ3n) is 7.02. The summed E-state index contributed by atoms with van der Waals surface area (Å²) in [6, 6.07) is 19.6. The van der Waals surface area contributed by atoms with Crippen LogP contribution in [0.3, 0.4) is 0 Å². The number of amides is 3. The molecule has 4 aromatic rings. The van der Waals surface area contributed by atoms with Crippen molar-refractivity contribution in [3.63, 3.8) is 0 Å². The van der Waals surface area contributed by atoms with Gasteiger partial charge in [0.05, 0.1) is 22.3 Å². The summed E-state index contributed by atoms with van der Waals surface area (Å²) in [7, 11) is 3.38. The number of aryl methyl sites for hydroxylation is 2. The van der Waals surface area contributed by atoms with Crippen molar-refractivity contribution in [2.24, 2.45) is 14.1 Å². The minimum absolute atomic E-state index is 0.0420. The van der Waals surface area contributed by atoms with Gasteiger partial charge in [-0.3, -0.25) is 28.4 Å². The Hall–Kier alpha value is -4.66. The highest BCUT2D eigenvalue weighted by molar-refractivity contribution is 6.16. The van der Waals surface area contributed by atoms with Crippen LogP contribution in [-0.4, -0.2) is 38.3 Å². The average molecular weight is 482 g/mol. The molecular formula is C27H23N5O4. The number of anilines is 2. The number of fused-ring (bicyclic) bond motifs is 6. The van der Waals surface area contributed by atoms with Crippen LogP contribution in [0.15, 0.2) is 71.5 Å². The number of imidazole rings is 1. The lowest BCUT2D eigenvalue weighted by atomic mass is 10.0. The molecule has 9 nitrogen and oxygen atoms in total. The summed E-state index contributed by atoms with van der Waals surface area (Å²) >= 11 is 0. The number of aromatic nitrogens is 2. The quantitative estimate of drug-likeness (QED) is 0.485. The average Bonchev–Trinajstić information content (AvgIpc) is 3.30. The smallest absolute Gasteiger partial charge is 0.326 e. The molecule has 0 saturated carbocycles. The molecular weight excluding hydrogens is 458 g/mol. The molecule has 1 N–H and O–H groups in total. The Labute approximate surface area is 206 Å². The van der Waals surface area contributed by atoms with Crippen LogP contribution < -0.4 is 15.9 Å². The Bertz CT molecular complexity index is 1650. The number of carbonyl (C=O) groups excluding carboxylic acids is 3. The van der Waals surface area contributed by atoms with Crippen LogP contribution >= 0.6 is 0 Å². The van der Waals surface area contributed by atoms with Crippen molar-refractivity contribution in [1.29, 1.82) is 0 Å². The zero-order chi connectivity index (χ0) is 25.1. The monoisotopic (exact) mass is 481 g/mol. The van der Waals surface area contributed by atoms with E-state index in [2.05, 4.69) is 5.32 Å². The summed E-state index contributed by atoms with van der Waals surface area (Å²) in [5.74, 6) is -0.650. The fourth-order valence-corrected chi connectivity index (χ4v) is 5.23. The molecule has 180 valence electrons. The molecule has 1 aromatic heterocycles. The number of nitrogens with zero attached hydrogens (tertiary/aromatic N) is 4. The summed E-state index contributed by atoms with van der Waals surface area (Å²) in [4.78, 5) is 55.1. The highest BCUT2D eigenvalue weighted by atomic mass is 16.2. The molecule has 6 rings (SSSR count). The van der Waals surface area contributed by atoms with Gasteiger partial charge >= 0.3 is 5.69 Å². The zero-order valence-electron chi connectivity index (χ0n) is 19.8. The van der Waals surface area contributed by atoms with Gasteiger partial charge in [0.2, 0.25) is 5.91 Å². The van der Waals surface area contributed by atoms with Gasteiger partial charge in [0.25, 0.3) is 11.8 Å². The maximum absolute atomic E-state index is 13.5. The topological polar surface area (TPSA) is 96.7 Å². The van der Waals surface area contributed by atoms with Crippen LogP contribution in [-0.2, 0) is 18.9 Å². The molecule has 3 amide bonds. The van der Waals surface area contributed by atoms with Crippen molar-refractivity contribution in [3.8, 4) is 0 Å². The second-order valence-electron chi connectivity index (χ2n) is 9.05. The molecule has 0 bridgehead atoms. The van der Waals surface area contributed by atoms with Crippen molar-refractivity contribution in [2.45, 2.75) is 12.6 Å². The molecule has 0 fully saturated rings. The van der Waals surface area contributed by atoms with Gasteiger partial charge in [0, 0.05) is 43.9 Å². The minimum Gasteiger partial charge on any atom is -0.326 e. The van der Waals surface area contributed by atoms with Crippen molar-refractivity contribution < 1.29 is 14.4 Å². The molecule has 9 heteroatoms. The first-order chi connectivity index (χ1) is 17.4. The first kappa shape index (κ1) is 21.8. The molecule has 0 radical (unpaired) electrons. The Morgan fingerprint density at radius 2 is 1.53 bits per heavy atom. The maximum atomic E-state index is 13.5. The summed E-state index contributed by atoms with van der Waals surface area (Å²) < 4.78 is 3.07. The normalized spacial score (nSPS) is 16.2. The Morgan fingerprint density at radius 1 is 0.833 bits per heavy atom. The van der Waals surface area contributed by atoms with Gasteiger partial charge < -0.3 is 10.2 Å². The lowest BCUT2D eigenvalue weighted by Gasteiger charge is -2.40. The van der Waals surface area contributed by atoms with Crippen LogP contribution in [0.5, 0.6) is 0 Å². The van der Waals surface area contributed by atoms with E-state index in [0.717, 1.165) is 11.1 Å². The van der Waals surface area contributed by atoms with E-state index >= 15 is 0 Å². The van der Waals surface area contributed by atoms with Crippen molar-refractivity contribution in [1.82, 2.24) is 14.0 Å². The summed E-state index contributed by atoms with van der Waals surface area (Å²) in [6.07, 6.45) is -0.556. The Morgan fingerprint density at radius 3 is 2.33 bits per heavy atom. The predicted octanol–water partition coefficient (Wildman–Crippen LogP) is 3.02. The number of rotatable bonds is 4. The Balaban J connectivity index is 1.27. The summed E-state index contributed by atoms with van der Waals surface area (Å²) in [5, 5.41) is 2.87. The van der Waals surface area contributed by atoms with E-state index < -0.39 is 6.17 Å². The second kappa shape index (κ2) is 7.94. The largest absolute Gasteiger partial charge is 0.328 e. The maximum Gasteiger partial charge on any atom is 0.328 e. The standard InChI is InChI=1S/C27H23N5O4/c1-29-21-12-11-16(15-22(21)30(2)27(29)36)28-23(33)13-14-31-24-17-7-3-4-8-18(17)26(35)32(24)20-10-6-5-9-19(20)25(31)34/h3-12,15,24H,13-14H2,1-2H3,(H,28,33)/t24-/m1/s1. The predicted molar refractivity (Wildman–Crippen MR) is 135 cm³/mol. The van der Waals surface area contributed by atoms with Gasteiger partial charge in [0.1, 0.15) is 6.17 Å². The molecule has 0 saturated heterocycles. The fraction of sp³-hybridized carbons (Fsp3) is 0.185. The van der Waals surface area contributed by atoms with Gasteiger partial charge in [-0.1, -0.05) is 30.3 Å². The van der Waals surface area contributed by atoms with E-state index in [4.69, 9.17) is 0 Å². The highest BCUT2D eigenvalue weighted by Crippen LogP contribution is 2.45. The van der Waals surface area contributed by atoms with E-state index in [1.54, 1.807) is 77.0 Å². The Kier molecular flexibility index (Phi) is 4.82. The first-order valence-electron chi connectivity index (χ1n) is 11.6. The van der Waals surface area contributed by atoms with Crippen molar-refractivity contribution >= 4 is 40.1 Å². The SMILES string of the molecule is Cn1c(=O)n(C)c2cc(NC(=O)CCN3C(=O)c4ccccc4N4C(=O)c5ccccc5[C@H]34)ccc21. The molecule has 36 heavy (non-hydrogen) atoms. The second-order valence-corrected chi connectivity index (χ2v) is 9.05. The molecule has 3 aromatic carbocycles. The van der Waals surface area contributed by atoms with Crippen LogP contribution in [0.1, 0.15) is 38.9 Å². The number of nitrogens with one attached hydrogen (secondary N) is 1. The highest BCUT2D eigenvalue weighted by Gasteiger charge is 2.47. The lowest BCUT2D eigenvalue weighted by Crippen LogP contribution is -2.48. The number of hydrogen-bond donors (Lipinski definition) is 1. The van der Waals surface area contributed by atoms with Crippen LogP contribution in [0, 0.1) is 0 Å². The minimum atomic E-state index is -0.598. The van der Waals surface area contributed by atoms with Gasteiger partial charge in [-0.05, 0) is 36.4 Å². The van der Waals surface area contributed by atoms with E-state index in [1.807, 2.05) is 18.2 Å². The van der Waals surface area contributed by atoms with E-state index in [0.29, 0.717) is 28.0 Å². The third-order valence-corrected chi connectivity index (χ3v) is 7.02. The van der Waals surface area contributed by atoms with E-state index in [9.17, 15) is 19.2 Å². The van der Waals surface area contributed by atoms with Crippen LogP contribution in [0.25, 0.3) is 11.0 Å².